The number of aromatic carboxylic acids is 1. The van der Waals surface area contributed by atoms with E-state index in [-0.39, 0.29) is 23.7 Å². The molecule has 1 aliphatic rings. The maximum absolute atomic E-state index is 12.2. The molecule has 1 fully saturated rings. The molecule has 2 heterocycles. The number of sulfonamides is 1. The van der Waals surface area contributed by atoms with Gasteiger partial charge in [0.15, 0.2) is 5.03 Å². The van der Waals surface area contributed by atoms with Crippen LogP contribution in [0, 0.1) is 5.92 Å². The number of pyridine rings is 1. The zero-order valence-corrected chi connectivity index (χ0v) is 11.2. The summed E-state index contributed by atoms with van der Waals surface area (Å²) in [5.74, 6) is -2.21. The van der Waals surface area contributed by atoms with Crippen molar-refractivity contribution in [2.24, 2.45) is 11.7 Å². The van der Waals surface area contributed by atoms with Crippen molar-refractivity contribution in [3.63, 3.8) is 0 Å². The van der Waals surface area contributed by atoms with Crippen molar-refractivity contribution < 1.29 is 23.1 Å². The number of amides is 1. The number of carbonyl (C=O) groups excluding carboxylic acids is 1. The molecule has 3 N–H and O–H groups in total. The van der Waals surface area contributed by atoms with Crippen LogP contribution in [0.1, 0.15) is 16.8 Å². The molecule has 0 saturated carbocycles. The minimum atomic E-state index is -3.83. The van der Waals surface area contributed by atoms with Crippen molar-refractivity contribution in [3.05, 3.63) is 23.9 Å². The molecule has 2 rings (SSSR count). The number of carboxylic acid groups (broad SMARTS) is 1. The quantitative estimate of drug-likeness (QED) is 0.754. The largest absolute Gasteiger partial charge is 0.478 e. The van der Waals surface area contributed by atoms with E-state index in [9.17, 15) is 18.0 Å². The van der Waals surface area contributed by atoms with Crippen molar-refractivity contribution in [2.75, 3.05) is 13.1 Å². The molecule has 1 aromatic rings. The third kappa shape index (κ3) is 2.63. The fourth-order valence-electron chi connectivity index (χ4n) is 1.97. The van der Waals surface area contributed by atoms with Gasteiger partial charge in [-0.05, 0) is 18.6 Å². The predicted molar refractivity (Wildman–Crippen MR) is 67.3 cm³/mol. The third-order valence-corrected chi connectivity index (χ3v) is 4.92. The summed E-state index contributed by atoms with van der Waals surface area (Å²) in [5, 5.41) is 8.49. The number of carboxylic acids is 1. The Hall–Kier alpha value is -2.00. The molecule has 20 heavy (non-hydrogen) atoms. The SMILES string of the molecule is NC(=O)C1CCN(S(=O)(=O)c2ccc(C(=O)O)cn2)C1. The van der Waals surface area contributed by atoms with Crippen LogP contribution < -0.4 is 5.73 Å². The van der Waals surface area contributed by atoms with E-state index in [0.717, 1.165) is 16.6 Å². The maximum Gasteiger partial charge on any atom is 0.337 e. The summed E-state index contributed by atoms with van der Waals surface area (Å²) in [7, 11) is -3.83. The summed E-state index contributed by atoms with van der Waals surface area (Å²) in [6.45, 7) is 0.221. The molecule has 1 aliphatic heterocycles. The molecule has 9 heteroatoms. The Morgan fingerprint density at radius 2 is 2.10 bits per heavy atom. The van der Waals surface area contributed by atoms with Crippen LogP contribution in [0.25, 0.3) is 0 Å². The minimum Gasteiger partial charge on any atom is -0.478 e. The molecule has 8 nitrogen and oxygen atoms in total. The van der Waals surface area contributed by atoms with Gasteiger partial charge in [-0.25, -0.2) is 18.2 Å². The molecule has 0 radical (unpaired) electrons. The highest BCUT2D eigenvalue weighted by atomic mass is 32.2. The van der Waals surface area contributed by atoms with E-state index >= 15 is 0 Å². The number of primary amides is 1. The lowest BCUT2D eigenvalue weighted by molar-refractivity contribution is -0.121. The molecule has 0 aliphatic carbocycles. The minimum absolute atomic E-state index is 0.0278. The van der Waals surface area contributed by atoms with E-state index in [1.807, 2.05) is 0 Å². The summed E-state index contributed by atoms with van der Waals surface area (Å²) in [6.07, 6.45) is 1.36. The van der Waals surface area contributed by atoms with Gasteiger partial charge < -0.3 is 10.8 Å². The van der Waals surface area contributed by atoms with Crippen LogP contribution in [0.4, 0.5) is 0 Å². The molecular formula is C11H13N3O5S. The van der Waals surface area contributed by atoms with Crippen molar-refractivity contribution in [2.45, 2.75) is 11.4 Å². The molecule has 1 saturated heterocycles. The van der Waals surface area contributed by atoms with E-state index in [1.165, 1.54) is 6.07 Å². The summed E-state index contributed by atoms with van der Waals surface area (Å²) in [6, 6.07) is 2.31. The molecule has 0 bridgehead atoms. The standard InChI is InChI=1S/C11H13N3O5S/c12-10(15)8-3-4-14(6-8)20(18,19)9-2-1-7(5-13-9)11(16)17/h1-2,5,8H,3-4,6H2,(H2,12,15)(H,16,17). The second-order valence-corrected chi connectivity index (χ2v) is 6.33. The number of carbonyl (C=O) groups is 2. The van der Waals surface area contributed by atoms with Crippen LogP contribution in [0.5, 0.6) is 0 Å². The Bertz CT molecular complexity index is 641. The number of aromatic nitrogens is 1. The van der Waals surface area contributed by atoms with Gasteiger partial charge in [0, 0.05) is 19.3 Å². The van der Waals surface area contributed by atoms with Crippen LogP contribution in [0.15, 0.2) is 23.4 Å². The van der Waals surface area contributed by atoms with E-state index in [2.05, 4.69) is 4.98 Å². The van der Waals surface area contributed by atoms with Gasteiger partial charge in [-0.2, -0.15) is 4.31 Å². The number of rotatable bonds is 4. The van der Waals surface area contributed by atoms with Crippen molar-refractivity contribution in [3.8, 4) is 0 Å². The third-order valence-electron chi connectivity index (χ3n) is 3.14. The van der Waals surface area contributed by atoms with Crippen LogP contribution >= 0.6 is 0 Å². The summed E-state index contributed by atoms with van der Waals surface area (Å²) < 4.78 is 25.6. The lowest BCUT2D eigenvalue weighted by Gasteiger charge is -2.15. The van der Waals surface area contributed by atoms with E-state index < -0.39 is 27.8 Å². The van der Waals surface area contributed by atoms with Crippen LogP contribution in [-0.2, 0) is 14.8 Å². The first-order valence-corrected chi connectivity index (χ1v) is 7.25. The van der Waals surface area contributed by atoms with Crippen molar-refractivity contribution in [1.29, 1.82) is 0 Å². The molecule has 1 aromatic heterocycles. The van der Waals surface area contributed by atoms with Crippen LogP contribution in [0.3, 0.4) is 0 Å². The Kier molecular flexibility index (Phi) is 3.73. The first kappa shape index (κ1) is 14.4. The summed E-state index contributed by atoms with van der Waals surface area (Å²) >= 11 is 0. The summed E-state index contributed by atoms with van der Waals surface area (Å²) in [4.78, 5) is 25.4. The second-order valence-electron chi connectivity index (χ2n) is 4.44. The van der Waals surface area contributed by atoms with Gasteiger partial charge in [0.25, 0.3) is 10.0 Å². The smallest absolute Gasteiger partial charge is 0.337 e. The molecule has 108 valence electrons. The molecule has 0 aromatic carbocycles. The molecule has 1 amide bonds. The Morgan fingerprint density at radius 3 is 2.55 bits per heavy atom. The normalized spacial score (nSPS) is 19.9. The number of hydrogen-bond donors (Lipinski definition) is 2. The molecular weight excluding hydrogens is 286 g/mol. The van der Waals surface area contributed by atoms with Crippen LogP contribution in [-0.4, -0.2) is 47.8 Å². The topological polar surface area (TPSA) is 131 Å². The van der Waals surface area contributed by atoms with E-state index in [0.29, 0.717) is 6.42 Å². The Labute approximate surface area is 115 Å². The average Bonchev–Trinajstić information content (AvgIpc) is 2.89. The van der Waals surface area contributed by atoms with Crippen molar-refractivity contribution in [1.82, 2.24) is 9.29 Å². The highest BCUT2D eigenvalue weighted by molar-refractivity contribution is 7.89. The van der Waals surface area contributed by atoms with E-state index in [1.54, 1.807) is 0 Å². The highest BCUT2D eigenvalue weighted by Gasteiger charge is 2.35. The highest BCUT2D eigenvalue weighted by Crippen LogP contribution is 2.23. The van der Waals surface area contributed by atoms with Gasteiger partial charge in [0.05, 0.1) is 11.5 Å². The lowest BCUT2D eigenvalue weighted by Crippen LogP contribution is -2.32. The fraction of sp³-hybridized carbons (Fsp3) is 0.364. The number of nitrogens with two attached hydrogens (primary N) is 1. The Balaban J connectivity index is 2.23. The monoisotopic (exact) mass is 299 g/mol. The van der Waals surface area contributed by atoms with Gasteiger partial charge in [-0.3, -0.25) is 4.79 Å². The summed E-state index contributed by atoms with van der Waals surface area (Å²) in [5.41, 5.74) is 5.06. The predicted octanol–water partition coefficient (Wildman–Crippen LogP) is -0.724. The Morgan fingerprint density at radius 1 is 1.40 bits per heavy atom. The van der Waals surface area contributed by atoms with Gasteiger partial charge in [0.1, 0.15) is 0 Å². The van der Waals surface area contributed by atoms with Gasteiger partial charge in [-0.1, -0.05) is 0 Å². The average molecular weight is 299 g/mol. The number of nitrogens with zero attached hydrogens (tertiary/aromatic N) is 2. The van der Waals surface area contributed by atoms with Crippen LogP contribution in [0.2, 0.25) is 0 Å². The van der Waals surface area contributed by atoms with Crippen molar-refractivity contribution >= 4 is 21.9 Å². The zero-order valence-electron chi connectivity index (χ0n) is 10.4. The molecule has 1 unspecified atom stereocenters. The lowest BCUT2D eigenvalue weighted by atomic mass is 10.1. The van der Waals surface area contributed by atoms with E-state index in [4.69, 9.17) is 10.8 Å². The maximum atomic E-state index is 12.2. The first-order chi connectivity index (χ1) is 9.32. The molecule has 1 atom stereocenters. The zero-order chi connectivity index (χ0) is 14.9. The second kappa shape index (κ2) is 5.17. The van der Waals surface area contributed by atoms with Gasteiger partial charge in [0.2, 0.25) is 5.91 Å². The van der Waals surface area contributed by atoms with Gasteiger partial charge >= 0.3 is 5.97 Å². The fourth-order valence-corrected chi connectivity index (χ4v) is 3.38. The molecule has 0 spiro atoms. The number of hydrogen-bond acceptors (Lipinski definition) is 5. The van der Waals surface area contributed by atoms with Gasteiger partial charge in [-0.15, -0.1) is 0 Å². The first-order valence-electron chi connectivity index (χ1n) is 5.81.